The molecule has 0 bridgehead atoms. The summed E-state index contributed by atoms with van der Waals surface area (Å²) in [7, 11) is 0. The molecule has 0 unspecified atom stereocenters. The molecule has 4 nitrogen and oxygen atoms in total. The van der Waals surface area contributed by atoms with Gasteiger partial charge in [0.2, 0.25) is 5.43 Å². The van der Waals surface area contributed by atoms with E-state index >= 15 is 0 Å². The van der Waals surface area contributed by atoms with Gasteiger partial charge in [-0.15, -0.1) is 0 Å². The molecule has 9 rings (SSSR count). The molecule has 0 aliphatic heterocycles. The number of benzene rings is 6. The molecule has 3 heterocycles. The number of aromatic nitrogens is 1. The molecule has 41 heavy (non-hydrogen) atoms. The molecule has 0 saturated carbocycles. The van der Waals surface area contributed by atoms with Crippen LogP contribution in [0, 0.1) is 0 Å². The third kappa shape index (κ3) is 3.19. The van der Waals surface area contributed by atoms with E-state index < -0.39 is 0 Å². The molecular weight excluding hydrogens is 506 g/mol. The van der Waals surface area contributed by atoms with Crippen molar-refractivity contribution in [3.63, 3.8) is 0 Å². The number of furan rings is 1. The first-order valence-corrected chi connectivity index (χ1v) is 13.6. The van der Waals surface area contributed by atoms with Crippen LogP contribution in [-0.4, -0.2) is 4.57 Å². The Bertz CT molecular complexity index is 2550. The maximum absolute atomic E-state index is 13.8. The summed E-state index contributed by atoms with van der Waals surface area (Å²) >= 11 is 0. The Labute approximate surface area is 233 Å². The van der Waals surface area contributed by atoms with E-state index in [2.05, 4.69) is 53.1 Å². The largest absolute Gasteiger partial charge is 0.456 e. The predicted molar refractivity (Wildman–Crippen MR) is 167 cm³/mol. The SMILES string of the molecule is O=c1c2ccc(-c3ccccc3)cc2oc2ccc(-n3c4ccccc4c4cc5c(cc43)oc3ccccc35)cc12. The van der Waals surface area contributed by atoms with Gasteiger partial charge < -0.3 is 13.4 Å². The Kier molecular flexibility index (Phi) is 4.44. The van der Waals surface area contributed by atoms with Crippen LogP contribution in [-0.2, 0) is 0 Å². The van der Waals surface area contributed by atoms with E-state index in [1.807, 2.05) is 78.9 Å². The molecule has 0 aliphatic carbocycles. The Morgan fingerprint density at radius 3 is 2.02 bits per heavy atom. The quantitative estimate of drug-likeness (QED) is 0.210. The van der Waals surface area contributed by atoms with Gasteiger partial charge in [-0.3, -0.25) is 4.79 Å². The Hall–Kier alpha value is -5.61. The number of fused-ring (bicyclic) bond motifs is 8. The van der Waals surface area contributed by atoms with Crippen LogP contribution in [0.25, 0.3) is 82.5 Å². The molecule has 0 fully saturated rings. The highest BCUT2D eigenvalue weighted by molar-refractivity contribution is 6.17. The van der Waals surface area contributed by atoms with Crippen LogP contribution in [0.2, 0.25) is 0 Å². The molecule has 0 aliphatic rings. The van der Waals surface area contributed by atoms with Crippen molar-refractivity contribution < 1.29 is 8.83 Å². The first-order valence-electron chi connectivity index (χ1n) is 13.6. The summed E-state index contributed by atoms with van der Waals surface area (Å²) in [6.07, 6.45) is 0. The first kappa shape index (κ1) is 22.2. The highest BCUT2D eigenvalue weighted by Gasteiger charge is 2.17. The van der Waals surface area contributed by atoms with Crippen molar-refractivity contribution in [2.24, 2.45) is 0 Å². The van der Waals surface area contributed by atoms with Crippen LogP contribution >= 0.6 is 0 Å². The monoisotopic (exact) mass is 527 g/mol. The van der Waals surface area contributed by atoms with Crippen LogP contribution in [0.3, 0.4) is 0 Å². The maximum Gasteiger partial charge on any atom is 0.200 e. The van der Waals surface area contributed by atoms with Crippen molar-refractivity contribution in [3.05, 3.63) is 138 Å². The van der Waals surface area contributed by atoms with E-state index in [0.29, 0.717) is 21.9 Å². The van der Waals surface area contributed by atoms with Crippen molar-refractivity contribution in [2.45, 2.75) is 0 Å². The summed E-state index contributed by atoms with van der Waals surface area (Å²) in [4.78, 5) is 13.8. The summed E-state index contributed by atoms with van der Waals surface area (Å²) in [5.41, 5.74) is 7.90. The summed E-state index contributed by atoms with van der Waals surface area (Å²) in [5, 5.41) is 5.61. The van der Waals surface area contributed by atoms with E-state index in [9.17, 15) is 4.79 Å². The predicted octanol–water partition coefficient (Wildman–Crippen LogP) is 9.61. The topological polar surface area (TPSA) is 48.3 Å². The van der Waals surface area contributed by atoms with Crippen molar-refractivity contribution >= 4 is 65.7 Å². The van der Waals surface area contributed by atoms with Gasteiger partial charge in [-0.2, -0.15) is 0 Å². The van der Waals surface area contributed by atoms with Gasteiger partial charge in [0.1, 0.15) is 22.3 Å². The molecule has 0 radical (unpaired) electrons. The summed E-state index contributed by atoms with van der Waals surface area (Å²) in [6.45, 7) is 0. The molecule has 9 aromatic rings. The average Bonchev–Trinajstić information content (AvgIpc) is 3.55. The fourth-order valence-electron chi connectivity index (χ4n) is 6.26. The Morgan fingerprint density at radius 2 is 1.15 bits per heavy atom. The third-order valence-corrected chi connectivity index (χ3v) is 8.19. The van der Waals surface area contributed by atoms with Crippen LogP contribution in [0.15, 0.2) is 141 Å². The second-order valence-electron chi connectivity index (χ2n) is 10.5. The number of para-hydroxylation sites is 2. The zero-order chi connectivity index (χ0) is 27.1. The lowest BCUT2D eigenvalue weighted by Gasteiger charge is -2.10. The van der Waals surface area contributed by atoms with Crippen molar-refractivity contribution in [1.82, 2.24) is 4.57 Å². The lowest BCUT2D eigenvalue weighted by atomic mass is 10.0. The molecule has 0 amide bonds. The van der Waals surface area contributed by atoms with Crippen LogP contribution in [0.5, 0.6) is 0 Å². The van der Waals surface area contributed by atoms with Gasteiger partial charge in [-0.25, -0.2) is 0 Å². The summed E-state index contributed by atoms with van der Waals surface area (Å²) < 4.78 is 14.8. The second kappa shape index (κ2) is 8.20. The molecular formula is C37H21NO3. The van der Waals surface area contributed by atoms with Gasteiger partial charge in [0.05, 0.1) is 21.8 Å². The van der Waals surface area contributed by atoms with E-state index in [1.54, 1.807) is 0 Å². The third-order valence-electron chi connectivity index (χ3n) is 8.19. The summed E-state index contributed by atoms with van der Waals surface area (Å²) in [6, 6.07) is 42.6. The van der Waals surface area contributed by atoms with E-state index in [1.165, 1.54) is 0 Å². The normalized spacial score (nSPS) is 12.0. The fraction of sp³-hybridized carbons (Fsp3) is 0. The van der Waals surface area contributed by atoms with Crippen LogP contribution in [0.1, 0.15) is 0 Å². The summed E-state index contributed by atoms with van der Waals surface area (Å²) in [5.74, 6) is 0. The van der Waals surface area contributed by atoms with Crippen LogP contribution in [0.4, 0.5) is 0 Å². The van der Waals surface area contributed by atoms with Gasteiger partial charge >= 0.3 is 0 Å². The molecule has 0 N–H and O–H groups in total. The minimum absolute atomic E-state index is 0.0387. The Morgan fingerprint density at radius 1 is 0.415 bits per heavy atom. The molecule has 6 aromatic carbocycles. The zero-order valence-corrected chi connectivity index (χ0v) is 21.8. The van der Waals surface area contributed by atoms with Gasteiger partial charge in [0, 0.05) is 33.3 Å². The lowest BCUT2D eigenvalue weighted by molar-refractivity contribution is 0.660. The van der Waals surface area contributed by atoms with Crippen molar-refractivity contribution in [2.75, 3.05) is 0 Å². The smallest absolute Gasteiger partial charge is 0.200 e. The molecule has 192 valence electrons. The number of hydrogen-bond donors (Lipinski definition) is 0. The van der Waals surface area contributed by atoms with Crippen molar-refractivity contribution in [3.8, 4) is 16.8 Å². The Balaban J connectivity index is 1.30. The maximum atomic E-state index is 13.8. The van der Waals surface area contributed by atoms with Crippen LogP contribution < -0.4 is 5.43 Å². The molecule has 0 saturated heterocycles. The van der Waals surface area contributed by atoms with E-state index in [0.717, 1.165) is 60.6 Å². The lowest BCUT2D eigenvalue weighted by Crippen LogP contribution is -2.03. The van der Waals surface area contributed by atoms with Gasteiger partial charge in [-0.05, 0) is 59.7 Å². The van der Waals surface area contributed by atoms with E-state index in [4.69, 9.17) is 8.83 Å². The highest BCUT2D eigenvalue weighted by Crippen LogP contribution is 2.38. The van der Waals surface area contributed by atoms with Gasteiger partial charge in [-0.1, -0.05) is 72.8 Å². The van der Waals surface area contributed by atoms with Gasteiger partial charge in [0.15, 0.2) is 0 Å². The minimum Gasteiger partial charge on any atom is -0.456 e. The highest BCUT2D eigenvalue weighted by atomic mass is 16.3. The van der Waals surface area contributed by atoms with Crippen molar-refractivity contribution in [1.29, 1.82) is 0 Å². The number of hydrogen-bond acceptors (Lipinski definition) is 3. The standard InChI is InChI=1S/C37H21NO3/c39-37-27-16-14-23(22-8-2-1-3-9-22)18-35(27)41-34-17-15-24(19-30(34)37)38-31-12-6-4-10-25(31)28-20-29-26-11-5-7-13-33(26)40-36(29)21-32(28)38/h1-21H. The molecule has 0 atom stereocenters. The molecule has 3 aromatic heterocycles. The second-order valence-corrected chi connectivity index (χ2v) is 10.5. The molecule has 4 heteroatoms. The minimum atomic E-state index is -0.0387. The number of rotatable bonds is 2. The van der Waals surface area contributed by atoms with E-state index in [-0.39, 0.29) is 5.43 Å². The fourth-order valence-corrected chi connectivity index (χ4v) is 6.26. The molecule has 0 spiro atoms. The van der Waals surface area contributed by atoms with Gasteiger partial charge in [0.25, 0.3) is 0 Å². The average molecular weight is 528 g/mol. The number of nitrogens with zero attached hydrogens (tertiary/aromatic N) is 1. The first-order chi connectivity index (χ1) is 20.2. The zero-order valence-electron chi connectivity index (χ0n) is 21.8.